The van der Waals surface area contributed by atoms with Crippen LogP contribution in [0.3, 0.4) is 0 Å². The molecule has 25 heavy (non-hydrogen) atoms. The van der Waals surface area contributed by atoms with Crippen molar-refractivity contribution in [2.24, 2.45) is 0 Å². The Morgan fingerprint density at radius 2 is 1.12 bits per heavy atom. The number of hydrogen-bond acceptors (Lipinski definition) is 8. The average Bonchev–Trinajstić information content (AvgIpc) is 2.59. The van der Waals surface area contributed by atoms with E-state index in [1.807, 2.05) is 12.5 Å². The average molecular weight is 430 g/mol. The molecule has 0 radical (unpaired) electrons. The molecule has 1 aromatic heterocycles. The van der Waals surface area contributed by atoms with Gasteiger partial charge in [0.05, 0.1) is 0 Å². The summed E-state index contributed by atoms with van der Waals surface area (Å²) in [5.74, 6) is 0. The first-order chi connectivity index (χ1) is 11.8. The molecule has 0 bridgehead atoms. The number of hydrogen-bond donors (Lipinski definition) is 0. The zero-order valence-corrected chi connectivity index (χ0v) is 19.6. The Balaban J connectivity index is 2.47. The second-order valence-corrected chi connectivity index (χ2v) is 10.4. The van der Waals surface area contributed by atoms with Crippen molar-refractivity contribution in [2.45, 2.75) is 56.3 Å². The van der Waals surface area contributed by atoms with Gasteiger partial charge in [0.1, 0.15) is 0 Å². The molecule has 8 heteroatoms. The third kappa shape index (κ3) is 5.48. The Labute approximate surface area is 172 Å². The van der Waals surface area contributed by atoms with Crippen LogP contribution in [0.5, 0.6) is 0 Å². The molecule has 0 spiro atoms. The SMILES string of the molecule is CSc1nc(SC)nc(Sc2cc(SC)c(C(C)(C)C)c(SC)c2)n1. The molecule has 0 fully saturated rings. The maximum Gasteiger partial charge on any atom is 0.197 e. The van der Waals surface area contributed by atoms with Gasteiger partial charge in [-0.2, -0.15) is 15.0 Å². The Hall–Kier alpha value is -0.0200. The zero-order valence-electron chi connectivity index (χ0n) is 15.5. The molecule has 0 amide bonds. The van der Waals surface area contributed by atoms with Gasteiger partial charge in [-0.3, -0.25) is 0 Å². The van der Waals surface area contributed by atoms with Gasteiger partial charge < -0.3 is 0 Å². The van der Waals surface area contributed by atoms with Crippen molar-refractivity contribution < 1.29 is 0 Å². The molecule has 0 aliphatic heterocycles. The van der Waals surface area contributed by atoms with Crippen LogP contribution < -0.4 is 0 Å². The highest BCUT2D eigenvalue weighted by molar-refractivity contribution is 8.00. The third-order valence-corrected chi connectivity index (χ3v) is 6.83. The summed E-state index contributed by atoms with van der Waals surface area (Å²) in [4.78, 5) is 17.3. The van der Waals surface area contributed by atoms with Crippen molar-refractivity contribution in [3.05, 3.63) is 17.7 Å². The van der Waals surface area contributed by atoms with E-state index in [-0.39, 0.29) is 5.41 Å². The summed E-state index contributed by atoms with van der Waals surface area (Å²) >= 11 is 8.31. The van der Waals surface area contributed by atoms with E-state index in [1.54, 1.807) is 58.8 Å². The lowest BCUT2D eigenvalue weighted by Gasteiger charge is -2.26. The Morgan fingerprint density at radius 1 is 0.680 bits per heavy atom. The lowest BCUT2D eigenvalue weighted by molar-refractivity contribution is 0.563. The van der Waals surface area contributed by atoms with E-state index in [1.165, 1.54) is 20.2 Å². The van der Waals surface area contributed by atoms with Gasteiger partial charge in [0.15, 0.2) is 15.5 Å². The van der Waals surface area contributed by atoms with Crippen LogP contribution in [-0.4, -0.2) is 40.0 Å². The molecular weight excluding hydrogens is 407 g/mol. The lowest BCUT2D eigenvalue weighted by Crippen LogP contribution is -2.14. The number of nitrogens with zero attached hydrogens (tertiary/aromatic N) is 3. The summed E-state index contributed by atoms with van der Waals surface area (Å²) in [6, 6.07) is 4.52. The maximum atomic E-state index is 4.55. The lowest BCUT2D eigenvalue weighted by atomic mass is 9.87. The Bertz CT molecular complexity index is 696. The summed E-state index contributed by atoms with van der Waals surface area (Å²) in [6.45, 7) is 6.82. The van der Waals surface area contributed by atoms with Gasteiger partial charge in [0, 0.05) is 14.7 Å². The Morgan fingerprint density at radius 3 is 1.48 bits per heavy atom. The predicted octanol–water partition coefficient (Wildman–Crippen LogP) is 6.21. The van der Waals surface area contributed by atoms with Crippen LogP contribution in [0.25, 0.3) is 0 Å². The summed E-state index contributed by atoms with van der Waals surface area (Å²) in [5.41, 5.74) is 1.53. The van der Waals surface area contributed by atoms with Crippen molar-refractivity contribution in [2.75, 3.05) is 25.0 Å². The number of thioether (sulfide) groups is 4. The summed E-state index contributed by atoms with van der Waals surface area (Å²) < 4.78 is 0. The fraction of sp³-hybridized carbons (Fsp3) is 0.471. The third-order valence-electron chi connectivity index (χ3n) is 3.38. The largest absolute Gasteiger partial charge is 0.197 e. The minimum absolute atomic E-state index is 0.116. The van der Waals surface area contributed by atoms with Crippen molar-refractivity contribution in [1.82, 2.24) is 15.0 Å². The van der Waals surface area contributed by atoms with Gasteiger partial charge in [-0.25, -0.2) is 0 Å². The van der Waals surface area contributed by atoms with Crippen LogP contribution in [-0.2, 0) is 5.41 Å². The second-order valence-electron chi connectivity index (χ2n) is 6.15. The molecule has 3 nitrogen and oxygen atoms in total. The summed E-state index contributed by atoms with van der Waals surface area (Å²) in [7, 11) is 0. The quantitative estimate of drug-likeness (QED) is 0.502. The molecule has 136 valence electrons. The smallest absolute Gasteiger partial charge is 0.196 e. The van der Waals surface area contributed by atoms with Gasteiger partial charge >= 0.3 is 0 Å². The fourth-order valence-electron chi connectivity index (χ4n) is 2.34. The van der Waals surface area contributed by atoms with E-state index in [2.05, 4.69) is 60.4 Å². The van der Waals surface area contributed by atoms with Gasteiger partial charge in [-0.05, 0) is 59.9 Å². The topological polar surface area (TPSA) is 38.7 Å². The van der Waals surface area contributed by atoms with Crippen LogP contribution in [0.4, 0.5) is 0 Å². The molecule has 0 saturated carbocycles. The van der Waals surface area contributed by atoms with Crippen molar-refractivity contribution in [1.29, 1.82) is 0 Å². The fourth-order valence-corrected chi connectivity index (χ4v) is 6.00. The molecule has 0 atom stereocenters. The van der Waals surface area contributed by atoms with E-state index in [4.69, 9.17) is 0 Å². The van der Waals surface area contributed by atoms with Crippen LogP contribution >= 0.6 is 58.8 Å². The predicted molar refractivity (Wildman–Crippen MR) is 116 cm³/mol. The number of benzene rings is 1. The molecule has 2 aromatic rings. The van der Waals surface area contributed by atoms with Crippen LogP contribution in [0, 0.1) is 0 Å². The zero-order chi connectivity index (χ0) is 18.6. The maximum absolute atomic E-state index is 4.55. The minimum Gasteiger partial charge on any atom is -0.196 e. The number of aromatic nitrogens is 3. The van der Waals surface area contributed by atoms with Crippen molar-refractivity contribution >= 4 is 58.8 Å². The van der Waals surface area contributed by atoms with Gasteiger partial charge in [0.2, 0.25) is 0 Å². The van der Waals surface area contributed by atoms with Crippen LogP contribution in [0.15, 0.2) is 42.3 Å². The summed E-state index contributed by atoms with van der Waals surface area (Å²) in [5, 5.41) is 2.29. The molecule has 0 saturated heterocycles. The number of rotatable bonds is 6. The standard InChI is InChI=1S/C17H23N3S5/c1-17(2,3)13-11(21-4)8-10(9-12(13)22-5)25-16-19-14(23-6)18-15(20-16)24-7/h8-9H,1-7H3. The van der Waals surface area contributed by atoms with Gasteiger partial charge in [-0.15, -0.1) is 23.5 Å². The first-order valence-electron chi connectivity index (χ1n) is 7.60. The molecule has 0 N–H and O–H groups in total. The molecule has 2 rings (SSSR count). The summed E-state index contributed by atoms with van der Waals surface area (Å²) in [6.07, 6.45) is 8.26. The second kappa shape index (κ2) is 9.26. The first kappa shape index (κ1) is 21.3. The molecule has 0 aliphatic carbocycles. The van der Waals surface area contributed by atoms with E-state index in [9.17, 15) is 0 Å². The normalized spacial score (nSPS) is 11.8. The van der Waals surface area contributed by atoms with Crippen molar-refractivity contribution in [3.8, 4) is 0 Å². The van der Waals surface area contributed by atoms with Crippen LogP contribution in [0.1, 0.15) is 26.3 Å². The molecule has 0 unspecified atom stereocenters. The molecular formula is C17H23N3S5. The monoisotopic (exact) mass is 429 g/mol. The van der Waals surface area contributed by atoms with E-state index >= 15 is 0 Å². The van der Waals surface area contributed by atoms with Crippen LogP contribution in [0.2, 0.25) is 0 Å². The highest BCUT2D eigenvalue weighted by Crippen LogP contribution is 2.42. The molecule has 1 aromatic carbocycles. The molecule has 0 aliphatic rings. The van der Waals surface area contributed by atoms with Crippen molar-refractivity contribution in [3.63, 3.8) is 0 Å². The molecule has 1 heterocycles. The van der Waals surface area contributed by atoms with Gasteiger partial charge in [-0.1, -0.05) is 44.3 Å². The van der Waals surface area contributed by atoms with Gasteiger partial charge in [0.25, 0.3) is 0 Å². The van der Waals surface area contributed by atoms with E-state index in [0.717, 1.165) is 15.5 Å². The first-order valence-corrected chi connectivity index (χ1v) is 13.3. The Kier molecular flexibility index (Phi) is 7.88. The van der Waals surface area contributed by atoms with E-state index < -0.39 is 0 Å². The minimum atomic E-state index is 0.116. The highest BCUT2D eigenvalue weighted by Gasteiger charge is 2.23. The van der Waals surface area contributed by atoms with E-state index in [0.29, 0.717) is 0 Å². The highest BCUT2D eigenvalue weighted by atomic mass is 32.2.